The Bertz CT molecular complexity index is 896. The van der Waals surface area contributed by atoms with E-state index in [9.17, 15) is 30.0 Å². The molecule has 4 saturated heterocycles. The third kappa shape index (κ3) is 4.22. The lowest BCUT2D eigenvalue weighted by molar-refractivity contribution is -0.281. The molecule has 10 atom stereocenters. The number of benzene rings is 1. The highest BCUT2D eigenvalue weighted by Gasteiger charge is 2.63. The molecule has 0 aliphatic carbocycles. The number of rotatable bonds is 6. The average molecular weight is 479 g/mol. The second-order valence-corrected chi connectivity index (χ2v) is 9.41. The lowest BCUT2D eigenvalue weighted by atomic mass is 9.97. The third-order valence-electron chi connectivity index (χ3n) is 7.36. The van der Waals surface area contributed by atoms with Crippen LogP contribution in [0.3, 0.4) is 0 Å². The fourth-order valence-corrected chi connectivity index (χ4v) is 5.33. The quantitative estimate of drug-likeness (QED) is 0.271. The van der Waals surface area contributed by atoms with Crippen molar-refractivity contribution in [3.8, 4) is 0 Å². The van der Waals surface area contributed by atoms with Gasteiger partial charge in [0.25, 0.3) is 0 Å². The van der Waals surface area contributed by atoms with Gasteiger partial charge in [0.2, 0.25) is 0 Å². The summed E-state index contributed by atoms with van der Waals surface area (Å²) in [5, 5.41) is 39.1. The highest BCUT2D eigenvalue weighted by molar-refractivity contribution is 5.80. The Morgan fingerprint density at radius 2 is 1.65 bits per heavy atom. The van der Waals surface area contributed by atoms with Crippen LogP contribution in [0.25, 0.3) is 0 Å². The summed E-state index contributed by atoms with van der Waals surface area (Å²) < 4.78 is 21.7. The van der Waals surface area contributed by atoms with Crippen LogP contribution in [-0.4, -0.2) is 112 Å². The summed E-state index contributed by atoms with van der Waals surface area (Å²) in [4.78, 5) is 28.0. The Kier molecular flexibility index (Phi) is 6.36. The van der Waals surface area contributed by atoms with Gasteiger partial charge in [-0.1, -0.05) is 30.3 Å². The number of fused-ring (bicyclic) bond motifs is 5. The molecule has 0 aromatic heterocycles. The summed E-state index contributed by atoms with van der Waals surface area (Å²) in [6.07, 6.45) is -7.51. The van der Waals surface area contributed by atoms with Crippen LogP contribution in [0, 0.1) is 0 Å². The first kappa shape index (κ1) is 23.6. The molecule has 5 unspecified atom stereocenters. The zero-order chi connectivity index (χ0) is 24.1. The van der Waals surface area contributed by atoms with E-state index < -0.39 is 55.2 Å². The van der Waals surface area contributed by atoms with Crippen molar-refractivity contribution in [2.75, 3.05) is 13.7 Å². The largest absolute Gasteiger partial charge is 0.462 e. The molecule has 4 fully saturated rings. The molecule has 4 heterocycles. The van der Waals surface area contributed by atoms with Crippen molar-refractivity contribution in [1.82, 2.24) is 4.90 Å². The van der Waals surface area contributed by atoms with Crippen molar-refractivity contribution >= 4 is 11.9 Å². The number of morpholine rings is 1. The predicted octanol–water partition coefficient (Wildman–Crippen LogP) is -1.73. The molecule has 4 aliphatic rings. The maximum atomic E-state index is 13.2. The predicted molar refractivity (Wildman–Crippen MR) is 112 cm³/mol. The molecule has 11 nitrogen and oxygen atoms in total. The summed E-state index contributed by atoms with van der Waals surface area (Å²) in [7, 11) is 2.06. The van der Waals surface area contributed by atoms with E-state index in [0.29, 0.717) is 18.4 Å². The zero-order valence-corrected chi connectivity index (χ0v) is 18.5. The summed E-state index contributed by atoms with van der Waals surface area (Å²) >= 11 is 0. The van der Waals surface area contributed by atoms with E-state index in [1.807, 2.05) is 0 Å². The lowest BCUT2D eigenvalue weighted by Crippen LogP contribution is -2.60. The van der Waals surface area contributed by atoms with Crippen molar-refractivity contribution in [2.24, 2.45) is 0 Å². The zero-order valence-electron chi connectivity index (χ0n) is 18.5. The smallest absolute Gasteiger partial charge is 0.338 e. The van der Waals surface area contributed by atoms with Crippen LogP contribution in [0.4, 0.5) is 0 Å². The lowest BCUT2D eigenvalue weighted by Gasteiger charge is -2.38. The van der Waals surface area contributed by atoms with Crippen LogP contribution in [0.2, 0.25) is 0 Å². The summed E-state index contributed by atoms with van der Waals surface area (Å²) in [5.74, 6) is -2.54. The molecule has 11 heteroatoms. The Morgan fingerprint density at radius 1 is 1.00 bits per heavy atom. The summed E-state index contributed by atoms with van der Waals surface area (Å²) in [6, 6.07) is 9.16. The van der Waals surface area contributed by atoms with Gasteiger partial charge in [0.15, 0.2) is 12.4 Å². The molecule has 0 saturated carbocycles. The van der Waals surface area contributed by atoms with Gasteiger partial charge in [0, 0.05) is 24.9 Å². The van der Waals surface area contributed by atoms with E-state index in [1.165, 1.54) is 0 Å². The van der Waals surface area contributed by atoms with Crippen LogP contribution in [0.15, 0.2) is 30.3 Å². The topological polar surface area (TPSA) is 159 Å². The molecule has 4 aliphatic heterocycles. The molecule has 0 amide bonds. The number of aliphatic hydroxyl groups excluding tert-OH is 4. The minimum absolute atomic E-state index is 0.204. The highest BCUT2D eigenvalue weighted by atomic mass is 16.7. The monoisotopic (exact) mass is 479 g/mol. The summed E-state index contributed by atoms with van der Waals surface area (Å²) in [6.45, 7) is -0.392. The fourth-order valence-electron chi connectivity index (χ4n) is 5.33. The molecule has 186 valence electrons. The maximum Gasteiger partial charge on any atom is 0.338 e. The number of nitrogens with zero attached hydrogens (tertiary/aromatic N) is 1. The first-order valence-corrected chi connectivity index (χ1v) is 11.4. The number of aliphatic hydroxyl groups is 4. The van der Waals surface area contributed by atoms with Gasteiger partial charge in [-0.15, -0.1) is 0 Å². The van der Waals surface area contributed by atoms with E-state index >= 15 is 0 Å². The van der Waals surface area contributed by atoms with Crippen LogP contribution < -0.4 is 0 Å². The molecular weight excluding hydrogens is 450 g/mol. The van der Waals surface area contributed by atoms with Crippen molar-refractivity contribution < 1.29 is 49.0 Å². The Hall–Kier alpha value is -2.12. The molecular formula is C23H29NO10. The number of hydrogen-bond acceptors (Lipinski definition) is 11. The molecule has 4 N–H and O–H groups in total. The van der Waals surface area contributed by atoms with Gasteiger partial charge >= 0.3 is 11.9 Å². The van der Waals surface area contributed by atoms with E-state index in [1.54, 1.807) is 30.3 Å². The molecule has 5 rings (SSSR count). The Morgan fingerprint density at radius 3 is 2.29 bits per heavy atom. The number of likely N-dealkylation sites (N-methyl/N-ethyl adjacent to an activating group) is 1. The number of carbonyl (C=O) groups excluding carboxylic acids is 2. The van der Waals surface area contributed by atoms with E-state index in [-0.39, 0.29) is 30.4 Å². The van der Waals surface area contributed by atoms with E-state index in [0.717, 1.165) is 0 Å². The van der Waals surface area contributed by atoms with Crippen molar-refractivity contribution in [1.29, 1.82) is 0 Å². The number of ether oxygens (including phenoxy) is 4. The standard InChI is InChI=1S/C23H29NO10/c1-24-13-7-11(8-14(24)19-18(13)33-19)32-21(28)12(10-5-3-2-4-6-10)9-31-23(30)20-16(26)15(25)17(27)22(29)34-20/h2-6,11-20,22,25-27,29H,7-9H2,1H3/t11?,12?,13?,14?,15-,16-,17+,18?,19?,20-,22+/m0/s1. The SMILES string of the molecule is CN1C2CC(OC(=O)C(COC(=O)[C@H]3O[C@@H](O)[C@H](O)[C@@H](O)[C@@H]3O)c3ccccc3)CC1C1OC12. The number of carbonyl (C=O) groups is 2. The van der Waals surface area contributed by atoms with Crippen LogP contribution in [-0.2, 0) is 28.5 Å². The van der Waals surface area contributed by atoms with Crippen LogP contribution in [0.5, 0.6) is 0 Å². The first-order chi connectivity index (χ1) is 16.3. The Balaban J connectivity index is 1.24. The van der Waals surface area contributed by atoms with Crippen molar-refractivity contribution in [3.05, 3.63) is 35.9 Å². The number of epoxide rings is 1. The van der Waals surface area contributed by atoms with E-state index in [2.05, 4.69) is 11.9 Å². The first-order valence-electron chi connectivity index (χ1n) is 11.4. The maximum absolute atomic E-state index is 13.2. The fraction of sp³-hybridized carbons (Fsp3) is 0.652. The highest BCUT2D eigenvalue weighted by Crippen LogP contribution is 2.48. The minimum Gasteiger partial charge on any atom is -0.462 e. The second-order valence-electron chi connectivity index (χ2n) is 9.41. The van der Waals surface area contributed by atoms with Gasteiger partial charge in [-0.3, -0.25) is 9.69 Å². The molecule has 0 spiro atoms. The average Bonchev–Trinajstić information content (AvgIpc) is 3.59. The van der Waals surface area contributed by atoms with Gasteiger partial charge in [-0.25, -0.2) is 4.79 Å². The van der Waals surface area contributed by atoms with Crippen molar-refractivity contribution in [2.45, 2.75) is 79.9 Å². The molecule has 2 bridgehead atoms. The van der Waals surface area contributed by atoms with E-state index in [4.69, 9.17) is 18.9 Å². The molecule has 1 aromatic carbocycles. The van der Waals surface area contributed by atoms with Crippen molar-refractivity contribution in [3.63, 3.8) is 0 Å². The summed E-state index contributed by atoms with van der Waals surface area (Å²) in [5.41, 5.74) is 0.586. The molecule has 1 aromatic rings. The van der Waals surface area contributed by atoms with Crippen LogP contribution >= 0.6 is 0 Å². The van der Waals surface area contributed by atoms with Crippen LogP contribution in [0.1, 0.15) is 24.3 Å². The van der Waals surface area contributed by atoms with Gasteiger partial charge in [-0.05, 0) is 12.6 Å². The Labute approximate surface area is 195 Å². The van der Waals surface area contributed by atoms with Gasteiger partial charge < -0.3 is 39.4 Å². The number of esters is 2. The number of hydrogen-bond donors (Lipinski definition) is 4. The molecule has 0 radical (unpaired) electrons. The molecule has 34 heavy (non-hydrogen) atoms. The second kappa shape index (κ2) is 9.15. The van der Waals surface area contributed by atoms with Gasteiger partial charge in [-0.2, -0.15) is 0 Å². The number of piperidine rings is 1. The van der Waals surface area contributed by atoms with Gasteiger partial charge in [0.1, 0.15) is 49.1 Å². The normalized spacial score (nSPS) is 41.9. The van der Waals surface area contributed by atoms with Gasteiger partial charge in [0.05, 0.1) is 0 Å². The third-order valence-corrected chi connectivity index (χ3v) is 7.36. The minimum atomic E-state index is -1.87.